The first kappa shape index (κ1) is 84.9. The standard InChI is InChI=1S/C44H30N2.2C42H28N4/c1-3-11-31(12-4-1)35-15-7-17-37(27-35)43-29-39(30-44(46-43)38-18-8-16-36(28-38)32-13-5-2-6-14-32)33-22-24-34(25-23-33)40-19-9-21-42-41(40)20-10-26-45-42;1-3-22-43-38(15-1)31-9-5-11-33(25-31)41-27-35(28-42(46-41)34-12-6-10-32(26-34)39-16-2-4-23-44-39)29-18-20-30(21-19-29)36-13-7-17-40-37(36)14-8-24-45-40;1-2-6-29(7-3-1)36-18-19-40(45-27-36)42-26-37(25-41(46-42)34-16-14-30(15-17-34)33-20-22-43-23-21-33)31-10-12-32(13-11-31)38-24-35-8-4-5-9-39(35)44-28-38/h1-30H;2*1-28H. The molecule has 648 valence electrons. The van der Waals surface area contributed by atoms with E-state index in [9.17, 15) is 0 Å². The Morgan fingerprint density at radius 1 is 0.123 bits per heavy atom. The van der Waals surface area contributed by atoms with E-state index in [1.54, 1.807) is 0 Å². The smallest absolute Gasteiger partial charge is 0.0899 e. The largest absolute Gasteiger partial charge is 0.265 e. The second kappa shape index (κ2) is 39.4. The summed E-state index contributed by atoms with van der Waals surface area (Å²) in [6.45, 7) is 0. The highest BCUT2D eigenvalue weighted by atomic mass is 14.8. The molecule has 138 heavy (non-hydrogen) atoms. The molecule has 0 fully saturated rings. The molecule has 0 aliphatic carbocycles. The van der Waals surface area contributed by atoms with Gasteiger partial charge in [-0.25, -0.2) is 15.0 Å². The van der Waals surface area contributed by atoms with Crippen molar-refractivity contribution in [2.24, 2.45) is 0 Å². The topological polar surface area (TPSA) is 129 Å². The van der Waals surface area contributed by atoms with Crippen LogP contribution in [0.25, 0.3) is 234 Å². The summed E-state index contributed by atoms with van der Waals surface area (Å²) in [7, 11) is 0. The number of aromatic nitrogens is 10. The highest BCUT2D eigenvalue weighted by Gasteiger charge is 2.19. The number of hydrogen-bond donors (Lipinski definition) is 0. The number of nitrogens with zero attached hydrogens (tertiary/aromatic N) is 10. The zero-order valence-electron chi connectivity index (χ0n) is 75.1. The second-order valence-corrected chi connectivity index (χ2v) is 33.9. The summed E-state index contributed by atoms with van der Waals surface area (Å²) in [5, 5.41) is 3.43. The Morgan fingerprint density at radius 3 is 0.877 bits per heavy atom. The summed E-state index contributed by atoms with van der Waals surface area (Å²) in [6, 6.07) is 165. The van der Waals surface area contributed by atoms with Gasteiger partial charge in [-0.15, -0.1) is 0 Å². The SMILES string of the molecule is c1ccc(-c2ccc(-c3cc(-c4ccc(-c5cnc6ccccc6c5)cc4)cc(-c4ccc(-c5ccncc5)cc4)n3)nc2)cc1.c1ccc(-c2cccc(-c3cc(-c4ccc(-c5cccc6ncccc56)cc4)cc(-c4cccc(-c5ccccc5)c4)n3)c2)cc1.c1ccc(-c2cccc(-c3cc(-c4ccc(-c5cccc6ncccc56)cc4)cc(-c4cccc(-c5ccccn5)c4)n3)c2)nc1. The lowest BCUT2D eigenvalue weighted by Crippen LogP contribution is -1.93. The van der Waals surface area contributed by atoms with E-state index in [0.29, 0.717) is 0 Å². The molecule has 24 rings (SSSR count). The van der Waals surface area contributed by atoms with Gasteiger partial charge in [-0.05, 0) is 240 Å². The Labute approximate surface area is 801 Å². The van der Waals surface area contributed by atoms with Crippen molar-refractivity contribution < 1.29 is 0 Å². The van der Waals surface area contributed by atoms with Gasteiger partial charge >= 0.3 is 0 Å². The highest BCUT2D eigenvalue weighted by Crippen LogP contribution is 2.41. The fourth-order valence-electron chi connectivity index (χ4n) is 17.9. The van der Waals surface area contributed by atoms with E-state index < -0.39 is 0 Å². The van der Waals surface area contributed by atoms with Gasteiger partial charge in [0, 0.05) is 116 Å². The third-order valence-corrected chi connectivity index (χ3v) is 25.1. The first-order chi connectivity index (χ1) is 68.3. The van der Waals surface area contributed by atoms with Gasteiger partial charge in [0.25, 0.3) is 0 Å². The maximum Gasteiger partial charge on any atom is 0.0899 e. The zero-order chi connectivity index (χ0) is 92.1. The molecule has 0 saturated carbocycles. The lowest BCUT2D eigenvalue weighted by Gasteiger charge is -2.13. The normalized spacial score (nSPS) is 11.0. The van der Waals surface area contributed by atoms with Crippen LogP contribution in [0.15, 0.2) is 523 Å². The quantitative estimate of drug-likeness (QED) is 0.0819. The van der Waals surface area contributed by atoms with Crippen LogP contribution < -0.4 is 0 Å². The van der Waals surface area contributed by atoms with Gasteiger partial charge in [0.15, 0.2) is 0 Å². The molecule has 10 heterocycles. The number of hydrogen-bond acceptors (Lipinski definition) is 10. The minimum Gasteiger partial charge on any atom is -0.265 e. The van der Waals surface area contributed by atoms with Crippen molar-refractivity contribution in [1.29, 1.82) is 0 Å². The number of para-hydroxylation sites is 1. The van der Waals surface area contributed by atoms with Gasteiger partial charge in [-0.1, -0.05) is 334 Å². The average molecular weight is 1760 g/mol. The molecule has 0 unspecified atom stereocenters. The molecule has 10 nitrogen and oxygen atoms in total. The molecule has 0 aliphatic rings. The molecule has 14 aromatic carbocycles. The van der Waals surface area contributed by atoms with Gasteiger partial charge in [0.1, 0.15) is 0 Å². The van der Waals surface area contributed by atoms with Crippen LogP contribution in [0.2, 0.25) is 0 Å². The maximum absolute atomic E-state index is 5.26. The van der Waals surface area contributed by atoms with Crippen LogP contribution in [0.1, 0.15) is 0 Å². The van der Waals surface area contributed by atoms with Gasteiger partial charge < -0.3 is 0 Å². The van der Waals surface area contributed by atoms with Gasteiger partial charge in [-0.3, -0.25) is 34.9 Å². The van der Waals surface area contributed by atoms with Gasteiger partial charge in [-0.2, -0.15) is 0 Å². The molecule has 10 heteroatoms. The van der Waals surface area contributed by atoms with Crippen LogP contribution >= 0.6 is 0 Å². The molecule has 0 bridgehead atoms. The van der Waals surface area contributed by atoms with Crippen molar-refractivity contribution in [3.63, 3.8) is 0 Å². The number of fused-ring (bicyclic) bond motifs is 3. The average Bonchev–Trinajstić information content (AvgIpc) is 0.788. The molecule has 0 aliphatic heterocycles. The Hall–Kier alpha value is -18.6. The van der Waals surface area contributed by atoms with E-state index >= 15 is 0 Å². The molecule has 24 aromatic rings. The first-order valence-electron chi connectivity index (χ1n) is 46.1. The van der Waals surface area contributed by atoms with Gasteiger partial charge in [0.2, 0.25) is 0 Å². The Morgan fingerprint density at radius 2 is 0.435 bits per heavy atom. The molecule has 0 saturated heterocycles. The van der Waals surface area contributed by atoms with E-state index in [1.165, 1.54) is 38.9 Å². The van der Waals surface area contributed by atoms with Crippen LogP contribution in [0.4, 0.5) is 0 Å². The van der Waals surface area contributed by atoms with Crippen molar-refractivity contribution in [3.8, 4) is 201 Å². The van der Waals surface area contributed by atoms with Crippen molar-refractivity contribution in [2.45, 2.75) is 0 Å². The summed E-state index contributed by atoms with van der Waals surface area (Å²) < 4.78 is 0. The monoisotopic (exact) mass is 1760 g/mol. The number of benzene rings is 14. The number of rotatable bonds is 18. The molecule has 0 radical (unpaired) electrons. The molecule has 10 aromatic heterocycles. The van der Waals surface area contributed by atoms with Crippen LogP contribution in [0.3, 0.4) is 0 Å². The van der Waals surface area contributed by atoms with E-state index in [0.717, 1.165) is 195 Å². The van der Waals surface area contributed by atoms with E-state index in [-0.39, 0.29) is 0 Å². The van der Waals surface area contributed by atoms with E-state index in [4.69, 9.17) is 19.9 Å². The fourth-order valence-corrected chi connectivity index (χ4v) is 17.9. The predicted molar refractivity (Wildman–Crippen MR) is 568 cm³/mol. The Balaban J connectivity index is 0.000000119. The lowest BCUT2D eigenvalue weighted by molar-refractivity contribution is 1.25. The van der Waals surface area contributed by atoms with Crippen LogP contribution in [-0.2, 0) is 0 Å². The van der Waals surface area contributed by atoms with E-state index in [1.807, 2.05) is 147 Å². The molecular formula is C128H86N10. The molecule has 0 atom stereocenters. The summed E-state index contributed by atoms with van der Waals surface area (Å²) in [4.78, 5) is 47.5. The first-order valence-corrected chi connectivity index (χ1v) is 46.1. The third kappa shape index (κ3) is 19.0. The summed E-state index contributed by atoms with van der Waals surface area (Å²) in [5.74, 6) is 0. The minimum absolute atomic E-state index is 0.827. The summed E-state index contributed by atoms with van der Waals surface area (Å²) in [5.41, 5.74) is 41.3. The second-order valence-electron chi connectivity index (χ2n) is 33.9. The predicted octanol–water partition coefficient (Wildman–Crippen LogP) is 32.5. The number of pyridine rings is 10. The Bertz CT molecular complexity index is 7780. The maximum atomic E-state index is 5.26. The molecule has 0 N–H and O–H groups in total. The van der Waals surface area contributed by atoms with Crippen molar-refractivity contribution >= 4 is 32.7 Å². The molecular weight excluding hydrogens is 1680 g/mol. The summed E-state index contributed by atoms with van der Waals surface area (Å²) >= 11 is 0. The van der Waals surface area contributed by atoms with Crippen molar-refractivity contribution in [1.82, 2.24) is 49.8 Å². The zero-order valence-corrected chi connectivity index (χ0v) is 75.1. The van der Waals surface area contributed by atoms with E-state index in [2.05, 4.69) is 406 Å². The minimum atomic E-state index is 0.827. The third-order valence-electron chi connectivity index (χ3n) is 25.1. The Kier molecular flexibility index (Phi) is 24.2. The van der Waals surface area contributed by atoms with Crippen LogP contribution in [-0.4, -0.2) is 49.8 Å². The van der Waals surface area contributed by atoms with Crippen molar-refractivity contribution in [2.75, 3.05) is 0 Å². The van der Waals surface area contributed by atoms with Crippen molar-refractivity contribution in [3.05, 3.63) is 523 Å². The molecule has 0 amide bonds. The van der Waals surface area contributed by atoms with Crippen LogP contribution in [0.5, 0.6) is 0 Å². The lowest BCUT2D eigenvalue weighted by atomic mass is 9.95. The fraction of sp³-hybridized carbons (Fsp3) is 0. The summed E-state index contributed by atoms with van der Waals surface area (Å²) in [6.07, 6.45) is 14.8. The highest BCUT2D eigenvalue weighted by molar-refractivity contribution is 5.97. The van der Waals surface area contributed by atoms with Gasteiger partial charge in [0.05, 0.1) is 67.8 Å². The van der Waals surface area contributed by atoms with Crippen LogP contribution in [0, 0.1) is 0 Å². The molecule has 0 spiro atoms.